The van der Waals surface area contributed by atoms with Gasteiger partial charge in [-0.2, -0.15) is 0 Å². The molecule has 1 aromatic rings. The number of rotatable bonds is 3. The van der Waals surface area contributed by atoms with Crippen molar-refractivity contribution in [1.29, 1.82) is 0 Å². The third-order valence-electron chi connectivity index (χ3n) is 3.64. The summed E-state index contributed by atoms with van der Waals surface area (Å²) in [6.45, 7) is 7.58. The van der Waals surface area contributed by atoms with Crippen LogP contribution in [0.2, 0.25) is 0 Å². The molecule has 1 fully saturated rings. The van der Waals surface area contributed by atoms with Gasteiger partial charge in [0.2, 0.25) is 0 Å². The van der Waals surface area contributed by atoms with Crippen molar-refractivity contribution in [2.24, 2.45) is 5.92 Å². The predicted molar refractivity (Wildman–Crippen MR) is 69.8 cm³/mol. The predicted octanol–water partition coefficient (Wildman–Crippen LogP) is 3.43. The number of nitrogens with one attached hydrogen (secondary N) is 1. The molecular formula is C13H22N2S. The Balaban J connectivity index is 1.89. The van der Waals surface area contributed by atoms with Gasteiger partial charge >= 0.3 is 0 Å². The zero-order valence-corrected chi connectivity index (χ0v) is 11.4. The fraction of sp³-hybridized carbons (Fsp3) is 0.769. The molecule has 0 aromatic carbocycles. The number of nitrogens with zero attached hydrogens (tertiary/aromatic N) is 1. The van der Waals surface area contributed by atoms with Gasteiger partial charge < -0.3 is 5.32 Å². The normalized spacial score (nSPS) is 25.9. The number of aromatic nitrogens is 1. The average Bonchev–Trinajstić information content (AvgIpc) is 2.56. The van der Waals surface area contributed by atoms with Crippen molar-refractivity contribution in [3.05, 3.63) is 15.6 Å². The molecule has 0 saturated heterocycles. The lowest BCUT2D eigenvalue weighted by Crippen LogP contribution is -2.36. The highest BCUT2D eigenvalue weighted by molar-refractivity contribution is 7.11. The largest absolute Gasteiger partial charge is 0.308 e. The Labute approximate surface area is 102 Å². The zero-order chi connectivity index (χ0) is 11.5. The minimum atomic E-state index is 0.704. The molecule has 16 heavy (non-hydrogen) atoms. The Kier molecular flexibility index (Phi) is 3.98. The van der Waals surface area contributed by atoms with Gasteiger partial charge in [0, 0.05) is 17.5 Å². The summed E-state index contributed by atoms with van der Waals surface area (Å²) in [5.74, 6) is 0.828. The molecule has 1 aromatic heterocycles. The van der Waals surface area contributed by atoms with Crippen LogP contribution in [0.1, 0.15) is 48.2 Å². The quantitative estimate of drug-likeness (QED) is 0.872. The van der Waals surface area contributed by atoms with Gasteiger partial charge in [-0.1, -0.05) is 19.8 Å². The third-order valence-corrected chi connectivity index (χ3v) is 4.57. The molecule has 2 atom stereocenters. The van der Waals surface area contributed by atoms with Crippen LogP contribution >= 0.6 is 11.3 Å². The molecule has 1 heterocycles. The second kappa shape index (κ2) is 5.28. The van der Waals surface area contributed by atoms with Crippen molar-refractivity contribution in [2.45, 2.75) is 59.0 Å². The Morgan fingerprint density at radius 3 is 2.69 bits per heavy atom. The molecule has 1 aliphatic carbocycles. The first-order chi connectivity index (χ1) is 7.66. The first-order valence-electron chi connectivity index (χ1n) is 6.33. The van der Waals surface area contributed by atoms with E-state index in [1.54, 1.807) is 11.3 Å². The summed E-state index contributed by atoms with van der Waals surface area (Å²) in [7, 11) is 0. The van der Waals surface area contributed by atoms with Gasteiger partial charge in [-0.3, -0.25) is 0 Å². The van der Waals surface area contributed by atoms with Gasteiger partial charge in [0.1, 0.15) is 0 Å². The maximum Gasteiger partial charge on any atom is 0.0900 e. The van der Waals surface area contributed by atoms with E-state index in [1.165, 1.54) is 41.3 Å². The summed E-state index contributed by atoms with van der Waals surface area (Å²) >= 11 is 1.81. The smallest absolute Gasteiger partial charge is 0.0900 e. The van der Waals surface area contributed by atoms with E-state index in [4.69, 9.17) is 0 Å². The molecule has 2 nitrogen and oxygen atoms in total. The van der Waals surface area contributed by atoms with Crippen molar-refractivity contribution in [2.75, 3.05) is 0 Å². The summed E-state index contributed by atoms with van der Waals surface area (Å²) in [5.41, 5.74) is 1.25. The summed E-state index contributed by atoms with van der Waals surface area (Å²) in [5, 5.41) is 4.87. The van der Waals surface area contributed by atoms with E-state index in [0.717, 1.165) is 12.5 Å². The van der Waals surface area contributed by atoms with Gasteiger partial charge in [-0.15, -0.1) is 11.3 Å². The van der Waals surface area contributed by atoms with Crippen molar-refractivity contribution >= 4 is 11.3 Å². The second-order valence-electron chi connectivity index (χ2n) is 4.98. The van der Waals surface area contributed by atoms with Crippen LogP contribution in [0.15, 0.2) is 0 Å². The maximum atomic E-state index is 4.58. The van der Waals surface area contributed by atoms with Crippen LogP contribution in [0.25, 0.3) is 0 Å². The van der Waals surface area contributed by atoms with Crippen LogP contribution in [0.3, 0.4) is 0 Å². The summed E-state index contributed by atoms with van der Waals surface area (Å²) in [4.78, 5) is 5.94. The third kappa shape index (κ3) is 2.83. The summed E-state index contributed by atoms with van der Waals surface area (Å²) in [6.07, 6.45) is 5.52. The average molecular weight is 238 g/mol. The zero-order valence-electron chi connectivity index (χ0n) is 10.5. The van der Waals surface area contributed by atoms with Crippen LogP contribution in [0.5, 0.6) is 0 Å². The lowest BCUT2D eigenvalue weighted by Gasteiger charge is -2.29. The molecule has 0 amide bonds. The number of hydrogen-bond donors (Lipinski definition) is 1. The minimum Gasteiger partial charge on any atom is -0.308 e. The number of hydrogen-bond acceptors (Lipinski definition) is 3. The Morgan fingerprint density at radius 2 is 2.06 bits per heavy atom. The van der Waals surface area contributed by atoms with Gasteiger partial charge in [0.25, 0.3) is 0 Å². The van der Waals surface area contributed by atoms with Crippen molar-refractivity contribution < 1.29 is 0 Å². The molecule has 2 rings (SSSR count). The van der Waals surface area contributed by atoms with Crippen LogP contribution in [-0.2, 0) is 6.54 Å². The fourth-order valence-electron chi connectivity index (χ4n) is 2.58. The lowest BCUT2D eigenvalue weighted by atomic mass is 9.86. The maximum absolute atomic E-state index is 4.58. The van der Waals surface area contributed by atoms with Crippen molar-refractivity contribution in [3.63, 3.8) is 0 Å². The fourth-order valence-corrected chi connectivity index (χ4v) is 3.42. The molecule has 1 saturated carbocycles. The topological polar surface area (TPSA) is 24.9 Å². The van der Waals surface area contributed by atoms with E-state index in [2.05, 4.69) is 31.1 Å². The SMILES string of the molecule is Cc1nc(CNC2CCCCC2C)c(C)s1. The standard InChI is InChI=1S/C13H22N2S/c1-9-6-4-5-7-12(9)14-8-13-10(2)16-11(3)15-13/h9,12,14H,4-8H2,1-3H3. The monoisotopic (exact) mass is 238 g/mol. The molecular weight excluding hydrogens is 216 g/mol. The first kappa shape index (κ1) is 12.1. The van der Waals surface area contributed by atoms with E-state index >= 15 is 0 Å². The summed E-state index contributed by atoms with van der Waals surface area (Å²) in [6, 6.07) is 0.704. The summed E-state index contributed by atoms with van der Waals surface area (Å²) < 4.78 is 0. The second-order valence-corrected chi connectivity index (χ2v) is 6.39. The molecule has 0 bridgehead atoms. The Bertz CT molecular complexity index is 346. The van der Waals surface area contributed by atoms with Crippen molar-refractivity contribution in [3.8, 4) is 0 Å². The van der Waals surface area contributed by atoms with E-state index in [-0.39, 0.29) is 0 Å². The van der Waals surface area contributed by atoms with Crippen LogP contribution in [-0.4, -0.2) is 11.0 Å². The van der Waals surface area contributed by atoms with E-state index < -0.39 is 0 Å². The van der Waals surface area contributed by atoms with Crippen molar-refractivity contribution in [1.82, 2.24) is 10.3 Å². The minimum absolute atomic E-state index is 0.704. The number of aryl methyl sites for hydroxylation is 2. The molecule has 0 aliphatic heterocycles. The Morgan fingerprint density at radius 1 is 1.31 bits per heavy atom. The first-order valence-corrected chi connectivity index (χ1v) is 7.14. The highest BCUT2D eigenvalue weighted by Gasteiger charge is 2.20. The van der Waals surface area contributed by atoms with Crippen LogP contribution in [0.4, 0.5) is 0 Å². The molecule has 3 heteroatoms. The van der Waals surface area contributed by atoms with E-state index in [9.17, 15) is 0 Å². The molecule has 1 N–H and O–H groups in total. The van der Waals surface area contributed by atoms with Crippen LogP contribution in [0, 0.1) is 19.8 Å². The van der Waals surface area contributed by atoms with Gasteiger partial charge in [-0.25, -0.2) is 4.98 Å². The number of thiazole rings is 1. The molecule has 2 unspecified atom stereocenters. The van der Waals surface area contributed by atoms with Gasteiger partial charge in [-0.05, 0) is 32.6 Å². The van der Waals surface area contributed by atoms with E-state index in [1.807, 2.05) is 0 Å². The highest BCUT2D eigenvalue weighted by Crippen LogP contribution is 2.24. The highest BCUT2D eigenvalue weighted by atomic mass is 32.1. The lowest BCUT2D eigenvalue weighted by molar-refractivity contribution is 0.278. The molecule has 0 spiro atoms. The molecule has 0 radical (unpaired) electrons. The Hall–Kier alpha value is -0.410. The van der Waals surface area contributed by atoms with Crippen LogP contribution < -0.4 is 5.32 Å². The van der Waals surface area contributed by atoms with Gasteiger partial charge in [0.15, 0.2) is 0 Å². The molecule has 90 valence electrons. The molecule has 1 aliphatic rings. The van der Waals surface area contributed by atoms with Gasteiger partial charge in [0.05, 0.1) is 10.7 Å². The van der Waals surface area contributed by atoms with E-state index in [0.29, 0.717) is 6.04 Å².